The van der Waals surface area contributed by atoms with Crippen LogP contribution in [0.2, 0.25) is 0 Å². The molecule has 0 spiro atoms. The first kappa shape index (κ1) is 15.6. The molecule has 0 amide bonds. The Balaban J connectivity index is 2.13. The van der Waals surface area contributed by atoms with E-state index in [0.717, 1.165) is 18.4 Å². The average molecular weight is 290 g/mol. The molecule has 4 heteroatoms. The highest BCUT2D eigenvalue weighted by Gasteiger charge is 2.32. The first-order valence-electron chi connectivity index (χ1n) is 7.50. The summed E-state index contributed by atoms with van der Waals surface area (Å²) in [7, 11) is 0. The first-order chi connectivity index (χ1) is 10.3. The lowest BCUT2D eigenvalue weighted by Gasteiger charge is -2.13. The molecule has 1 aliphatic heterocycles. The van der Waals surface area contributed by atoms with Gasteiger partial charge in [0.1, 0.15) is 5.76 Å². The van der Waals surface area contributed by atoms with Crippen molar-refractivity contribution in [3.63, 3.8) is 0 Å². The third-order valence-electron chi connectivity index (χ3n) is 3.25. The SMILES string of the molecule is CCCCOC1CC(C(=O)OCC)=C(c2ccccc2)O1. The number of esters is 1. The van der Waals surface area contributed by atoms with Crippen molar-refractivity contribution in [3.8, 4) is 0 Å². The number of unbranched alkanes of at least 4 members (excludes halogenated alkanes) is 1. The van der Waals surface area contributed by atoms with Gasteiger partial charge in [-0.1, -0.05) is 43.7 Å². The second-order valence-corrected chi connectivity index (χ2v) is 4.87. The van der Waals surface area contributed by atoms with E-state index in [-0.39, 0.29) is 5.97 Å². The Morgan fingerprint density at radius 1 is 1.29 bits per heavy atom. The van der Waals surface area contributed by atoms with Gasteiger partial charge in [-0.3, -0.25) is 0 Å². The Kier molecular flexibility index (Phi) is 5.81. The van der Waals surface area contributed by atoms with Gasteiger partial charge in [0.25, 0.3) is 0 Å². The van der Waals surface area contributed by atoms with E-state index in [2.05, 4.69) is 6.92 Å². The fraction of sp³-hybridized carbons (Fsp3) is 0.471. The molecule has 4 nitrogen and oxygen atoms in total. The van der Waals surface area contributed by atoms with E-state index < -0.39 is 6.29 Å². The Morgan fingerprint density at radius 2 is 2.05 bits per heavy atom. The summed E-state index contributed by atoms with van der Waals surface area (Å²) in [6.07, 6.45) is 2.09. The monoisotopic (exact) mass is 290 g/mol. The van der Waals surface area contributed by atoms with Crippen LogP contribution in [0.5, 0.6) is 0 Å². The fourth-order valence-electron chi connectivity index (χ4n) is 2.18. The Hall–Kier alpha value is -1.81. The zero-order valence-electron chi connectivity index (χ0n) is 12.6. The van der Waals surface area contributed by atoms with E-state index in [0.29, 0.717) is 31.0 Å². The molecular formula is C17H22O4. The number of rotatable bonds is 7. The number of hydrogen-bond donors (Lipinski definition) is 0. The van der Waals surface area contributed by atoms with Crippen molar-refractivity contribution in [2.45, 2.75) is 39.4 Å². The highest BCUT2D eigenvalue weighted by atomic mass is 16.7. The maximum Gasteiger partial charge on any atom is 0.338 e. The molecule has 1 atom stereocenters. The lowest BCUT2D eigenvalue weighted by molar-refractivity contribution is -0.139. The number of carbonyl (C=O) groups is 1. The summed E-state index contributed by atoms with van der Waals surface area (Å²) in [6, 6.07) is 9.60. The summed E-state index contributed by atoms with van der Waals surface area (Å²) >= 11 is 0. The molecule has 0 saturated heterocycles. The van der Waals surface area contributed by atoms with Gasteiger partial charge in [0, 0.05) is 12.0 Å². The van der Waals surface area contributed by atoms with Crippen LogP contribution in [0, 0.1) is 0 Å². The zero-order valence-corrected chi connectivity index (χ0v) is 12.6. The molecule has 0 aromatic heterocycles. The molecule has 1 aromatic rings. The van der Waals surface area contributed by atoms with Gasteiger partial charge in [-0.25, -0.2) is 4.79 Å². The second kappa shape index (κ2) is 7.84. The quantitative estimate of drug-likeness (QED) is 0.569. The van der Waals surface area contributed by atoms with Gasteiger partial charge < -0.3 is 14.2 Å². The predicted octanol–water partition coefficient (Wildman–Crippen LogP) is 3.52. The first-order valence-corrected chi connectivity index (χ1v) is 7.50. The molecule has 21 heavy (non-hydrogen) atoms. The Bertz CT molecular complexity index is 493. The molecule has 114 valence electrons. The van der Waals surface area contributed by atoms with Crippen LogP contribution in [0.1, 0.15) is 38.7 Å². The second-order valence-electron chi connectivity index (χ2n) is 4.87. The third-order valence-corrected chi connectivity index (χ3v) is 3.25. The van der Waals surface area contributed by atoms with Gasteiger partial charge in [-0.05, 0) is 13.3 Å². The summed E-state index contributed by atoms with van der Waals surface area (Å²) in [5.74, 6) is 0.258. The average Bonchev–Trinajstić information content (AvgIpc) is 2.93. The van der Waals surface area contributed by atoms with Crippen molar-refractivity contribution in [2.75, 3.05) is 13.2 Å². The Morgan fingerprint density at radius 3 is 2.71 bits per heavy atom. The number of ether oxygens (including phenoxy) is 3. The van der Waals surface area contributed by atoms with E-state index in [9.17, 15) is 4.79 Å². The molecule has 2 rings (SSSR count). The van der Waals surface area contributed by atoms with E-state index in [1.54, 1.807) is 6.92 Å². The summed E-state index contributed by atoms with van der Waals surface area (Å²) in [6.45, 7) is 4.90. The van der Waals surface area contributed by atoms with Crippen LogP contribution in [-0.2, 0) is 19.0 Å². The molecule has 1 aromatic carbocycles. The van der Waals surface area contributed by atoms with Crippen molar-refractivity contribution < 1.29 is 19.0 Å². The van der Waals surface area contributed by atoms with Gasteiger partial charge in [-0.2, -0.15) is 0 Å². The summed E-state index contributed by atoms with van der Waals surface area (Å²) in [4.78, 5) is 12.1. The Labute approximate surface area is 125 Å². The molecule has 0 bridgehead atoms. The largest absolute Gasteiger partial charge is 0.463 e. The van der Waals surface area contributed by atoms with Crippen molar-refractivity contribution in [3.05, 3.63) is 41.5 Å². The van der Waals surface area contributed by atoms with Gasteiger partial charge in [0.2, 0.25) is 6.29 Å². The van der Waals surface area contributed by atoms with Crippen LogP contribution in [-0.4, -0.2) is 25.5 Å². The van der Waals surface area contributed by atoms with Crippen LogP contribution in [0.25, 0.3) is 5.76 Å². The lowest BCUT2D eigenvalue weighted by Crippen LogP contribution is -2.14. The molecule has 0 saturated carbocycles. The van der Waals surface area contributed by atoms with Gasteiger partial charge >= 0.3 is 5.97 Å². The van der Waals surface area contributed by atoms with Crippen LogP contribution < -0.4 is 0 Å². The van der Waals surface area contributed by atoms with E-state index >= 15 is 0 Å². The molecule has 0 fully saturated rings. The smallest absolute Gasteiger partial charge is 0.338 e. The van der Waals surface area contributed by atoms with Crippen LogP contribution >= 0.6 is 0 Å². The molecule has 1 aliphatic rings. The van der Waals surface area contributed by atoms with Crippen molar-refractivity contribution in [1.29, 1.82) is 0 Å². The standard InChI is InChI=1S/C17H22O4/c1-3-5-11-20-15-12-14(17(18)19-4-2)16(21-15)13-9-7-6-8-10-13/h6-10,15H,3-5,11-12H2,1-2H3. The summed E-state index contributed by atoms with van der Waals surface area (Å²) in [5.41, 5.74) is 1.44. The number of hydrogen-bond acceptors (Lipinski definition) is 4. The molecule has 0 radical (unpaired) electrons. The van der Waals surface area contributed by atoms with Gasteiger partial charge in [0.15, 0.2) is 0 Å². The van der Waals surface area contributed by atoms with Crippen LogP contribution in [0.15, 0.2) is 35.9 Å². The van der Waals surface area contributed by atoms with Crippen molar-refractivity contribution in [1.82, 2.24) is 0 Å². The molecule has 1 unspecified atom stereocenters. The fourth-order valence-corrected chi connectivity index (χ4v) is 2.18. The van der Waals surface area contributed by atoms with Crippen LogP contribution in [0.4, 0.5) is 0 Å². The van der Waals surface area contributed by atoms with E-state index in [4.69, 9.17) is 14.2 Å². The minimum absolute atomic E-state index is 0.321. The maximum absolute atomic E-state index is 12.1. The lowest BCUT2D eigenvalue weighted by atomic mass is 10.1. The predicted molar refractivity (Wildman–Crippen MR) is 80.3 cm³/mol. The summed E-state index contributed by atoms with van der Waals surface area (Å²) < 4.78 is 16.6. The molecular weight excluding hydrogens is 268 g/mol. The topological polar surface area (TPSA) is 44.8 Å². The minimum Gasteiger partial charge on any atom is -0.463 e. The van der Waals surface area contributed by atoms with Crippen molar-refractivity contribution >= 4 is 11.7 Å². The zero-order chi connectivity index (χ0) is 15.1. The van der Waals surface area contributed by atoms with Gasteiger partial charge in [0.05, 0.1) is 18.8 Å². The third kappa shape index (κ3) is 4.08. The highest BCUT2D eigenvalue weighted by Crippen LogP contribution is 2.33. The summed E-state index contributed by atoms with van der Waals surface area (Å²) in [5, 5.41) is 0. The van der Waals surface area contributed by atoms with E-state index in [1.165, 1.54) is 0 Å². The van der Waals surface area contributed by atoms with Gasteiger partial charge in [-0.15, -0.1) is 0 Å². The number of benzene rings is 1. The maximum atomic E-state index is 12.1. The molecule has 0 N–H and O–H groups in total. The molecule has 0 aliphatic carbocycles. The van der Waals surface area contributed by atoms with Crippen LogP contribution in [0.3, 0.4) is 0 Å². The normalized spacial score (nSPS) is 17.7. The highest BCUT2D eigenvalue weighted by molar-refractivity contribution is 5.97. The minimum atomic E-state index is -0.397. The molecule has 1 heterocycles. The number of carbonyl (C=O) groups excluding carboxylic acids is 1. The van der Waals surface area contributed by atoms with Crippen molar-refractivity contribution in [2.24, 2.45) is 0 Å². The van der Waals surface area contributed by atoms with E-state index in [1.807, 2.05) is 30.3 Å².